The highest BCUT2D eigenvalue weighted by Crippen LogP contribution is 2.39. The monoisotopic (exact) mass is 431 g/mol. The molecule has 30 heavy (non-hydrogen) atoms. The molecule has 2 heterocycles. The van der Waals surface area contributed by atoms with E-state index in [9.17, 15) is 9.00 Å². The Morgan fingerprint density at radius 1 is 1.33 bits per heavy atom. The van der Waals surface area contributed by atoms with Gasteiger partial charge in [0.1, 0.15) is 17.1 Å². The molecule has 3 unspecified atom stereocenters. The molecule has 1 fully saturated rings. The fraction of sp³-hybridized carbons (Fsp3) is 0.524. The molecule has 2 aromatic rings. The number of aromatic amines is 1. The van der Waals surface area contributed by atoms with E-state index in [1.807, 2.05) is 17.4 Å². The van der Waals surface area contributed by atoms with Crippen molar-refractivity contribution in [2.45, 2.75) is 44.6 Å². The topological polar surface area (TPSA) is 90.6 Å². The third-order valence-corrected chi connectivity index (χ3v) is 7.16. The van der Waals surface area contributed by atoms with E-state index in [-0.39, 0.29) is 18.1 Å². The number of hydrogen-bond acceptors (Lipinski definition) is 5. The average Bonchev–Trinajstić information content (AvgIpc) is 3.34. The average molecular weight is 432 g/mol. The molecule has 2 N–H and O–H groups in total. The molecule has 0 bridgehead atoms. The van der Waals surface area contributed by atoms with Crippen molar-refractivity contribution in [1.29, 1.82) is 0 Å². The van der Waals surface area contributed by atoms with E-state index in [1.165, 1.54) is 10.5 Å². The van der Waals surface area contributed by atoms with Gasteiger partial charge in [-0.2, -0.15) is 5.10 Å². The largest absolute Gasteiger partial charge is 0.446 e. The van der Waals surface area contributed by atoms with Crippen LogP contribution in [0.25, 0.3) is 0 Å². The number of ether oxygens (including phenoxy) is 1. The number of amides is 1. The summed E-state index contributed by atoms with van der Waals surface area (Å²) in [6.07, 6.45) is 3.06. The molecule has 162 valence electrons. The van der Waals surface area contributed by atoms with Gasteiger partial charge in [0.15, 0.2) is 5.82 Å². The lowest BCUT2D eigenvalue weighted by Crippen LogP contribution is -2.29. The smallest absolute Gasteiger partial charge is 0.409 e. The summed E-state index contributed by atoms with van der Waals surface area (Å²) in [6.45, 7) is 2.07. The molecule has 1 aromatic carbocycles. The number of H-pyrrole nitrogens is 1. The fourth-order valence-corrected chi connectivity index (χ4v) is 5.36. The molecular formula is C21H29N5O3S. The van der Waals surface area contributed by atoms with Crippen molar-refractivity contribution in [3.63, 3.8) is 0 Å². The van der Waals surface area contributed by atoms with Crippen LogP contribution >= 0.6 is 0 Å². The lowest BCUT2D eigenvalue weighted by atomic mass is 10.0. The minimum atomic E-state index is -1.01. The van der Waals surface area contributed by atoms with Crippen molar-refractivity contribution >= 4 is 34.3 Å². The molecule has 1 aliphatic heterocycles. The summed E-state index contributed by atoms with van der Waals surface area (Å²) in [5.41, 5.74) is 5.31. The Labute approximate surface area is 179 Å². The Morgan fingerprint density at radius 2 is 2.13 bits per heavy atom. The first-order valence-corrected chi connectivity index (χ1v) is 11.6. The number of anilines is 3. The van der Waals surface area contributed by atoms with Crippen molar-refractivity contribution in [1.82, 2.24) is 15.1 Å². The van der Waals surface area contributed by atoms with E-state index in [0.717, 1.165) is 54.1 Å². The normalized spacial score (nSPS) is 23.2. The third-order valence-electron chi connectivity index (χ3n) is 5.82. The second-order valence-electron chi connectivity index (χ2n) is 8.34. The predicted octanol–water partition coefficient (Wildman–Crippen LogP) is 3.45. The number of nitrogens with zero attached hydrogens (tertiary/aromatic N) is 3. The number of nitrogens with one attached hydrogen (secondary N) is 2. The van der Waals surface area contributed by atoms with E-state index < -0.39 is 11.0 Å². The summed E-state index contributed by atoms with van der Waals surface area (Å²) in [7, 11) is 4.25. The Balaban J connectivity index is 1.48. The summed E-state index contributed by atoms with van der Waals surface area (Å²) >= 11 is 0. The number of fused-ring (bicyclic) bond motifs is 1. The van der Waals surface area contributed by atoms with Crippen molar-refractivity contribution in [2.24, 2.45) is 0 Å². The molecule has 0 saturated heterocycles. The standard InChI is InChI=1S/C21H29N5O3S/c1-13-9-15-7-8-30(28)26(4)20(15)18(10-13)22-19-12-17(23-24-19)14-5-6-16(11-14)29-21(27)25(2)3/h9-10,12,14,16H,5-8,11H2,1-4H3,(H2,22,23,24). The Kier molecular flexibility index (Phi) is 5.73. The number of benzene rings is 1. The molecule has 3 atom stereocenters. The summed E-state index contributed by atoms with van der Waals surface area (Å²) in [5.74, 6) is 1.67. The fourth-order valence-electron chi connectivity index (χ4n) is 4.27. The van der Waals surface area contributed by atoms with Crippen LogP contribution in [0.4, 0.5) is 22.0 Å². The van der Waals surface area contributed by atoms with Crippen LogP contribution in [-0.4, -0.2) is 58.4 Å². The maximum Gasteiger partial charge on any atom is 0.409 e. The van der Waals surface area contributed by atoms with Crippen LogP contribution in [0.1, 0.15) is 42.0 Å². The van der Waals surface area contributed by atoms with Gasteiger partial charge in [0, 0.05) is 44.6 Å². The Morgan fingerprint density at radius 3 is 2.90 bits per heavy atom. The van der Waals surface area contributed by atoms with Crippen molar-refractivity contribution in [3.05, 3.63) is 35.0 Å². The number of hydrogen-bond donors (Lipinski definition) is 2. The molecule has 4 rings (SSSR count). The summed E-state index contributed by atoms with van der Waals surface area (Å²) in [6, 6.07) is 6.25. The van der Waals surface area contributed by atoms with Gasteiger partial charge in [-0.15, -0.1) is 0 Å². The second kappa shape index (κ2) is 8.29. The molecular weight excluding hydrogens is 402 g/mol. The number of carbonyl (C=O) groups is 1. The van der Waals surface area contributed by atoms with Crippen LogP contribution in [0.3, 0.4) is 0 Å². The predicted molar refractivity (Wildman–Crippen MR) is 119 cm³/mol. The van der Waals surface area contributed by atoms with Gasteiger partial charge in [0.2, 0.25) is 0 Å². The minimum absolute atomic E-state index is 0.0583. The number of aryl methyl sites for hydroxylation is 2. The van der Waals surface area contributed by atoms with Gasteiger partial charge in [0.25, 0.3) is 0 Å². The maximum atomic E-state index is 12.3. The van der Waals surface area contributed by atoms with Crippen LogP contribution in [0, 0.1) is 6.92 Å². The molecule has 0 spiro atoms. The molecule has 1 aliphatic carbocycles. The van der Waals surface area contributed by atoms with Gasteiger partial charge in [-0.1, -0.05) is 6.07 Å². The molecule has 0 radical (unpaired) electrons. The van der Waals surface area contributed by atoms with Crippen LogP contribution in [-0.2, 0) is 22.1 Å². The first kappa shape index (κ1) is 20.7. The van der Waals surface area contributed by atoms with Gasteiger partial charge >= 0.3 is 6.09 Å². The number of carbonyl (C=O) groups excluding carboxylic acids is 1. The van der Waals surface area contributed by atoms with Gasteiger partial charge in [0.05, 0.1) is 11.4 Å². The first-order valence-electron chi connectivity index (χ1n) is 10.3. The highest BCUT2D eigenvalue weighted by Gasteiger charge is 2.30. The quantitative estimate of drug-likeness (QED) is 0.774. The van der Waals surface area contributed by atoms with Crippen LogP contribution in [0.2, 0.25) is 0 Å². The Bertz CT molecular complexity index is 974. The zero-order valence-electron chi connectivity index (χ0n) is 17.9. The lowest BCUT2D eigenvalue weighted by Gasteiger charge is -2.29. The van der Waals surface area contributed by atoms with Crippen molar-refractivity contribution in [2.75, 3.05) is 36.5 Å². The molecule has 9 heteroatoms. The molecule has 1 amide bonds. The van der Waals surface area contributed by atoms with Gasteiger partial charge in [-0.25, -0.2) is 9.00 Å². The Hall–Kier alpha value is -2.55. The van der Waals surface area contributed by atoms with Gasteiger partial charge < -0.3 is 15.0 Å². The van der Waals surface area contributed by atoms with Crippen LogP contribution in [0.15, 0.2) is 18.2 Å². The zero-order valence-corrected chi connectivity index (χ0v) is 18.7. The van der Waals surface area contributed by atoms with Gasteiger partial charge in [-0.3, -0.25) is 9.40 Å². The van der Waals surface area contributed by atoms with E-state index in [2.05, 4.69) is 34.6 Å². The number of rotatable bonds is 4. The highest BCUT2D eigenvalue weighted by atomic mass is 32.2. The maximum absolute atomic E-state index is 12.3. The molecule has 1 aromatic heterocycles. The van der Waals surface area contributed by atoms with Crippen molar-refractivity contribution in [3.8, 4) is 0 Å². The lowest BCUT2D eigenvalue weighted by molar-refractivity contribution is 0.0770. The van der Waals surface area contributed by atoms with E-state index in [1.54, 1.807) is 14.1 Å². The van der Waals surface area contributed by atoms with E-state index in [4.69, 9.17) is 4.74 Å². The van der Waals surface area contributed by atoms with Crippen LogP contribution in [0.5, 0.6) is 0 Å². The summed E-state index contributed by atoms with van der Waals surface area (Å²) in [4.78, 5) is 13.2. The summed E-state index contributed by atoms with van der Waals surface area (Å²) in [5, 5.41) is 11.0. The SMILES string of the molecule is Cc1cc2c(c(Nc3cc(C4CCC(OC(=O)N(C)C)C4)[nH]n3)c1)N(C)S(=O)CC2. The van der Waals surface area contributed by atoms with Gasteiger partial charge in [-0.05, 0) is 49.8 Å². The molecule has 2 aliphatic rings. The van der Waals surface area contributed by atoms with E-state index >= 15 is 0 Å². The second-order valence-corrected chi connectivity index (χ2v) is 9.94. The minimum Gasteiger partial charge on any atom is -0.446 e. The number of aromatic nitrogens is 2. The highest BCUT2D eigenvalue weighted by molar-refractivity contribution is 7.86. The molecule has 1 saturated carbocycles. The first-order chi connectivity index (χ1) is 14.3. The summed E-state index contributed by atoms with van der Waals surface area (Å²) < 4.78 is 19.7. The molecule has 8 nitrogen and oxygen atoms in total. The third kappa shape index (κ3) is 4.16. The zero-order chi connectivity index (χ0) is 21.4. The van der Waals surface area contributed by atoms with E-state index in [0.29, 0.717) is 5.75 Å². The van der Waals surface area contributed by atoms with Crippen LogP contribution < -0.4 is 9.62 Å². The van der Waals surface area contributed by atoms with Crippen molar-refractivity contribution < 1.29 is 13.7 Å².